The maximum Gasteiger partial charge on any atom is 0.265 e. The highest BCUT2D eigenvalue weighted by Gasteiger charge is 2.16. The Bertz CT molecular complexity index is 957. The quantitative estimate of drug-likeness (QED) is 0.418. The average Bonchev–Trinajstić information content (AvgIpc) is 2.67. The Kier molecular flexibility index (Phi) is 6.75. The first-order valence-electron chi connectivity index (χ1n) is 8.76. The number of benzene rings is 3. The van der Waals surface area contributed by atoms with Crippen LogP contribution in [0.2, 0.25) is 0 Å². The summed E-state index contributed by atoms with van der Waals surface area (Å²) in [7, 11) is 0. The Labute approximate surface area is 181 Å². The highest BCUT2D eigenvalue weighted by atomic mass is 79.9. The predicted molar refractivity (Wildman–Crippen MR) is 121 cm³/mol. The van der Waals surface area contributed by atoms with Gasteiger partial charge in [0.1, 0.15) is 5.75 Å². The van der Waals surface area contributed by atoms with E-state index in [1.165, 1.54) is 5.56 Å². The molecular weight excluding hydrogens is 484 g/mol. The molecule has 0 unspecified atom stereocenters. The molecule has 1 atom stereocenters. The Hall–Kier alpha value is -2.31. The number of anilines is 2. The van der Waals surface area contributed by atoms with Gasteiger partial charge in [-0.05, 0) is 82.9 Å². The van der Waals surface area contributed by atoms with Crippen molar-refractivity contribution in [3.8, 4) is 5.75 Å². The van der Waals surface area contributed by atoms with E-state index < -0.39 is 6.10 Å². The predicted octanol–water partition coefficient (Wildman–Crippen LogP) is 5.79. The first kappa shape index (κ1) is 20.4. The standard InChI is InChI=1S/C22H20Br2N2O2/c1-14(28-21-11-6-17(23)13-20(21)24)22(27)26-19-9-4-16(5-10-19)12-15-2-7-18(25)8-3-15/h2-11,13-14H,12,25H2,1H3,(H,26,27)/t14-/m0/s1. The van der Waals surface area contributed by atoms with E-state index in [2.05, 4.69) is 37.2 Å². The third kappa shape index (κ3) is 5.59. The molecule has 144 valence electrons. The number of rotatable bonds is 6. The molecule has 6 heteroatoms. The number of hydrogen-bond acceptors (Lipinski definition) is 3. The van der Waals surface area contributed by atoms with Crippen molar-refractivity contribution < 1.29 is 9.53 Å². The van der Waals surface area contributed by atoms with Crippen LogP contribution in [-0.2, 0) is 11.2 Å². The van der Waals surface area contributed by atoms with E-state index in [1.54, 1.807) is 6.92 Å². The normalized spacial score (nSPS) is 11.7. The second-order valence-electron chi connectivity index (χ2n) is 6.44. The highest BCUT2D eigenvalue weighted by molar-refractivity contribution is 9.11. The number of carbonyl (C=O) groups excluding carboxylic acids is 1. The largest absolute Gasteiger partial charge is 0.480 e. The zero-order chi connectivity index (χ0) is 20.1. The second kappa shape index (κ2) is 9.26. The Morgan fingerprint density at radius 1 is 1.00 bits per heavy atom. The van der Waals surface area contributed by atoms with Crippen LogP contribution in [0, 0.1) is 0 Å². The maximum atomic E-state index is 12.4. The number of ether oxygens (including phenoxy) is 1. The van der Waals surface area contributed by atoms with E-state index in [0.29, 0.717) is 5.75 Å². The molecule has 3 N–H and O–H groups in total. The number of carbonyl (C=O) groups is 1. The third-order valence-electron chi connectivity index (χ3n) is 4.18. The van der Waals surface area contributed by atoms with Crippen molar-refractivity contribution in [1.82, 2.24) is 0 Å². The lowest BCUT2D eigenvalue weighted by molar-refractivity contribution is -0.122. The van der Waals surface area contributed by atoms with E-state index in [1.807, 2.05) is 66.7 Å². The van der Waals surface area contributed by atoms with Gasteiger partial charge in [0, 0.05) is 15.8 Å². The molecular formula is C22H20Br2N2O2. The van der Waals surface area contributed by atoms with Crippen LogP contribution < -0.4 is 15.8 Å². The van der Waals surface area contributed by atoms with Gasteiger partial charge in [0.05, 0.1) is 4.47 Å². The van der Waals surface area contributed by atoms with E-state index in [9.17, 15) is 4.79 Å². The summed E-state index contributed by atoms with van der Waals surface area (Å²) < 4.78 is 7.48. The molecule has 0 aliphatic carbocycles. The average molecular weight is 504 g/mol. The first-order valence-corrected chi connectivity index (χ1v) is 10.4. The van der Waals surface area contributed by atoms with Crippen molar-refractivity contribution in [3.63, 3.8) is 0 Å². The fourth-order valence-electron chi connectivity index (χ4n) is 2.64. The van der Waals surface area contributed by atoms with Crippen molar-refractivity contribution in [3.05, 3.63) is 86.8 Å². The summed E-state index contributed by atoms with van der Waals surface area (Å²) >= 11 is 6.83. The molecule has 0 spiro atoms. The summed E-state index contributed by atoms with van der Waals surface area (Å²) in [6.07, 6.45) is 0.179. The fraction of sp³-hybridized carbons (Fsp3) is 0.136. The highest BCUT2D eigenvalue weighted by Crippen LogP contribution is 2.29. The molecule has 3 aromatic rings. The van der Waals surface area contributed by atoms with Gasteiger partial charge in [-0.1, -0.05) is 40.2 Å². The molecule has 0 bridgehead atoms. The van der Waals surface area contributed by atoms with Gasteiger partial charge in [-0.3, -0.25) is 4.79 Å². The lowest BCUT2D eigenvalue weighted by Gasteiger charge is -2.16. The topological polar surface area (TPSA) is 64.3 Å². The zero-order valence-corrected chi connectivity index (χ0v) is 18.5. The Morgan fingerprint density at radius 2 is 1.61 bits per heavy atom. The van der Waals surface area contributed by atoms with Crippen molar-refractivity contribution in [2.45, 2.75) is 19.4 Å². The fourth-order valence-corrected chi connectivity index (χ4v) is 3.78. The molecule has 3 aromatic carbocycles. The van der Waals surface area contributed by atoms with Gasteiger partial charge in [-0.2, -0.15) is 0 Å². The van der Waals surface area contributed by atoms with Crippen molar-refractivity contribution in [2.24, 2.45) is 0 Å². The van der Waals surface area contributed by atoms with Crippen LogP contribution in [0.15, 0.2) is 75.7 Å². The second-order valence-corrected chi connectivity index (χ2v) is 8.21. The van der Waals surface area contributed by atoms with Crippen molar-refractivity contribution in [1.29, 1.82) is 0 Å². The van der Waals surface area contributed by atoms with Crippen molar-refractivity contribution in [2.75, 3.05) is 11.1 Å². The van der Waals surface area contributed by atoms with Gasteiger partial charge >= 0.3 is 0 Å². The summed E-state index contributed by atoms with van der Waals surface area (Å²) in [6.45, 7) is 1.72. The zero-order valence-electron chi connectivity index (χ0n) is 15.3. The molecule has 0 radical (unpaired) electrons. The van der Waals surface area contributed by atoms with Crippen LogP contribution in [0.1, 0.15) is 18.1 Å². The van der Waals surface area contributed by atoms with Crippen molar-refractivity contribution >= 4 is 49.1 Å². The van der Waals surface area contributed by atoms with Crippen LogP contribution in [0.4, 0.5) is 11.4 Å². The molecule has 0 heterocycles. The lowest BCUT2D eigenvalue weighted by atomic mass is 10.0. The van der Waals surface area contributed by atoms with Gasteiger partial charge in [-0.25, -0.2) is 0 Å². The SMILES string of the molecule is C[C@H](Oc1ccc(Br)cc1Br)C(=O)Nc1ccc(Cc2ccc(N)cc2)cc1. The van der Waals surface area contributed by atoms with Gasteiger partial charge in [0.25, 0.3) is 5.91 Å². The Balaban J connectivity index is 1.58. The first-order chi connectivity index (χ1) is 13.4. The van der Waals surface area contributed by atoms with Gasteiger partial charge in [0.15, 0.2) is 6.10 Å². The maximum absolute atomic E-state index is 12.4. The molecule has 4 nitrogen and oxygen atoms in total. The minimum atomic E-state index is -0.632. The molecule has 3 rings (SSSR count). The van der Waals surface area contributed by atoms with Crippen LogP contribution in [-0.4, -0.2) is 12.0 Å². The molecule has 0 aliphatic heterocycles. The summed E-state index contributed by atoms with van der Waals surface area (Å²) in [5.74, 6) is 0.408. The van der Waals surface area contributed by atoms with E-state index in [4.69, 9.17) is 10.5 Å². The number of nitrogens with two attached hydrogens (primary N) is 1. The third-order valence-corrected chi connectivity index (χ3v) is 5.29. The van der Waals surface area contributed by atoms with E-state index in [-0.39, 0.29) is 5.91 Å². The molecule has 0 saturated heterocycles. The summed E-state index contributed by atoms with van der Waals surface area (Å²) in [4.78, 5) is 12.4. The van der Waals surface area contributed by atoms with E-state index >= 15 is 0 Å². The summed E-state index contributed by atoms with van der Waals surface area (Å²) in [5.41, 5.74) is 9.56. The molecule has 1 amide bonds. The molecule has 0 fully saturated rings. The molecule has 28 heavy (non-hydrogen) atoms. The van der Waals surface area contributed by atoms with Crippen LogP contribution >= 0.6 is 31.9 Å². The van der Waals surface area contributed by atoms with Crippen LogP contribution in [0.5, 0.6) is 5.75 Å². The van der Waals surface area contributed by atoms with Gasteiger partial charge < -0.3 is 15.8 Å². The molecule has 0 aromatic heterocycles. The lowest BCUT2D eigenvalue weighted by Crippen LogP contribution is -2.30. The Morgan fingerprint density at radius 3 is 2.21 bits per heavy atom. The molecule has 0 aliphatic rings. The van der Waals surface area contributed by atoms with Crippen LogP contribution in [0.25, 0.3) is 0 Å². The minimum absolute atomic E-state index is 0.207. The number of nitrogens with one attached hydrogen (secondary N) is 1. The van der Waals surface area contributed by atoms with Crippen LogP contribution in [0.3, 0.4) is 0 Å². The number of hydrogen-bond donors (Lipinski definition) is 2. The van der Waals surface area contributed by atoms with Gasteiger partial charge in [-0.15, -0.1) is 0 Å². The summed E-state index contributed by atoms with van der Waals surface area (Å²) in [5, 5.41) is 2.89. The number of halogens is 2. The smallest absolute Gasteiger partial charge is 0.265 e. The summed E-state index contributed by atoms with van der Waals surface area (Å²) in [6, 6.07) is 21.2. The van der Waals surface area contributed by atoms with E-state index in [0.717, 1.165) is 32.3 Å². The minimum Gasteiger partial charge on any atom is -0.480 e. The van der Waals surface area contributed by atoms with Gasteiger partial charge in [0.2, 0.25) is 0 Å². The molecule has 0 saturated carbocycles. The number of nitrogen functional groups attached to an aromatic ring is 1. The number of amides is 1. The monoisotopic (exact) mass is 502 g/mol.